The molecule has 3 N–H and O–H groups in total. The van der Waals surface area contributed by atoms with E-state index in [0.29, 0.717) is 29.2 Å². The second-order valence-corrected chi connectivity index (χ2v) is 15.6. The van der Waals surface area contributed by atoms with E-state index in [1.54, 1.807) is 6.07 Å². The van der Waals surface area contributed by atoms with Crippen LogP contribution in [0.2, 0.25) is 0 Å². The number of Topliss-reactive ketones (excluding diaryl/α,β-unsaturated/α-hetero) is 1. The summed E-state index contributed by atoms with van der Waals surface area (Å²) in [6.45, 7) is 8.09. The summed E-state index contributed by atoms with van der Waals surface area (Å²) in [6.07, 6.45) is 1.92. The van der Waals surface area contributed by atoms with E-state index in [0.717, 1.165) is 24.2 Å². The van der Waals surface area contributed by atoms with Crippen molar-refractivity contribution in [2.24, 2.45) is 23.0 Å². The van der Waals surface area contributed by atoms with Crippen molar-refractivity contribution in [3.63, 3.8) is 0 Å². The van der Waals surface area contributed by atoms with E-state index in [9.17, 15) is 27.9 Å². The molecule has 214 valence electrons. The van der Waals surface area contributed by atoms with Crippen molar-refractivity contribution in [3.05, 3.63) is 21.4 Å². The molecule has 1 amide bonds. The molecule has 1 aromatic heterocycles. The van der Waals surface area contributed by atoms with Crippen LogP contribution in [0.3, 0.4) is 0 Å². The van der Waals surface area contributed by atoms with Crippen molar-refractivity contribution in [1.82, 2.24) is 4.90 Å². The van der Waals surface area contributed by atoms with Gasteiger partial charge in [0.2, 0.25) is 0 Å². The Hall–Kier alpha value is -2.42. The lowest BCUT2D eigenvalue weighted by Gasteiger charge is -2.37. The van der Waals surface area contributed by atoms with Gasteiger partial charge in [-0.1, -0.05) is 31.6 Å². The van der Waals surface area contributed by atoms with Gasteiger partial charge in [-0.25, -0.2) is 18.0 Å². The maximum atomic E-state index is 14.1. The third-order valence-electron chi connectivity index (χ3n) is 7.93. The van der Waals surface area contributed by atoms with Crippen LogP contribution in [0.1, 0.15) is 86.3 Å². The largest absolute Gasteiger partial charge is 0.477 e. The van der Waals surface area contributed by atoms with Crippen LogP contribution < -0.4 is 5.73 Å². The highest BCUT2D eigenvalue weighted by Crippen LogP contribution is 2.44. The van der Waals surface area contributed by atoms with E-state index in [4.69, 9.17) is 10.5 Å². The van der Waals surface area contributed by atoms with Gasteiger partial charge >= 0.3 is 12.1 Å². The second-order valence-electron chi connectivity index (χ2n) is 12.3. The van der Waals surface area contributed by atoms with Gasteiger partial charge in [0.25, 0.3) is 0 Å². The Kier molecular flexibility index (Phi) is 8.23. The Balaban J connectivity index is 1.72. The fraction of sp³-hybridized carbons (Fsp3) is 0.679. The fourth-order valence-corrected chi connectivity index (χ4v) is 8.31. The van der Waals surface area contributed by atoms with Crippen LogP contribution >= 0.6 is 11.3 Å². The van der Waals surface area contributed by atoms with Crippen LogP contribution in [0.15, 0.2) is 6.07 Å². The number of carbonyl (C=O) groups is 3. The average molecular weight is 579 g/mol. The van der Waals surface area contributed by atoms with Crippen molar-refractivity contribution in [2.45, 2.75) is 83.9 Å². The number of carboxylic acid groups (broad SMARTS) is 1. The number of ketones is 1. The number of nitrogens with zero attached hydrogens (tertiary/aromatic N) is 1. The van der Waals surface area contributed by atoms with Gasteiger partial charge in [0.05, 0.1) is 21.9 Å². The number of likely N-dealkylation sites (tertiary alicyclic amines) is 1. The third-order valence-corrected chi connectivity index (χ3v) is 10.7. The van der Waals surface area contributed by atoms with Crippen LogP contribution in [0.4, 0.5) is 4.79 Å². The van der Waals surface area contributed by atoms with Crippen molar-refractivity contribution < 1.29 is 32.6 Å². The molecular weight excluding hydrogens is 540 g/mol. The number of ether oxygens (including phenoxy) is 1. The maximum absolute atomic E-state index is 14.1. The smallest absolute Gasteiger partial charge is 0.410 e. The number of hydrogen-bond acceptors (Lipinski definition) is 8. The number of carboxylic acids is 1. The van der Waals surface area contributed by atoms with E-state index in [-0.39, 0.29) is 52.9 Å². The first kappa shape index (κ1) is 29.6. The average Bonchev–Trinajstić information content (AvgIpc) is 3.52. The first-order valence-corrected chi connectivity index (χ1v) is 16.1. The van der Waals surface area contributed by atoms with E-state index in [1.165, 1.54) is 4.90 Å². The van der Waals surface area contributed by atoms with Gasteiger partial charge < -0.3 is 15.6 Å². The molecule has 1 saturated carbocycles. The van der Waals surface area contributed by atoms with Crippen LogP contribution in [0.25, 0.3) is 0 Å². The van der Waals surface area contributed by atoms with E-state index in [1.807, 2.05) is 20.8 Å². The monoisotopic (exact) mass is 578 g/mol. The SMILES string of the molecule is CC(C)(C)C#Cc1cc([C@@]2(N)CCN(C(=O)OC3CCS(=O)(=O)C3)C2C(=O)[C@H]2CC[C@H](C)CC2)c(C(=O)O)s1. The molecule has 3 heterocycles. The summed E-state index contributed by atoms with van der Waals surface area (Å²) in [4.78, 5) is 41.6. The van der Waals surface area contributed by atoms with Crippen LogP contribution in [0, 0.1) is 29.1 Å². The standard InChI is InChI=1S/C28H38N2O7S2/c1-17-5-7-18(8-6-17)22(31)24-28(29,12-13-30(24)26(34)37-19-10-14-39(35,36)16-19)21-15-20(9-11-27(2,3)4)38-23(21)25(32)33/h15,17-19,24H,5-8,10,12-14,16,29H2,1-4H3,(H,32,33)/t17-,18-,19?,24?,28-/m0/s1. The van der Waals surface area contributed by atoms with Crippen molar-refractivity contribution >= 4 is 39.0 Å². The summed E-state index contributed by atoms with van der Waals surface area (Å²) in [5, 5.41) is 10.1. The van der Waals surface area contributed by atoms with Gasteiger partial charge in [-0.05, 0) is 58.4 Å². The lowest BCUT2D eigenvalue weighted by Crippen LogP contribution is -2.57. The predicted molar refractivity (Wildman–Crippen MR) is 148 cm³/mol. The minimum Gasteiger partial charge on any atom is -0.477 e. The lowest BCUT2D eigenvalue weighted by molar-refractivity contribution is -0.130. The highest BCUT2D eigenvalue weighted by molar-refractivity contribution is 7.91. The molecule has 0 spiro atoms. The lowest BCUT2D eigenvalue weighted by atomic mass is 9.74. The molecule has 4 rings (SSSR count). The zero-order valence-electron chi connectivity index (χ0n) is 23.0. The van der Waals surface area contributed by atoms with Gasteiger partial charge in [-0.15, -0.1) is 11.3 Å². The Bertz CT molecular complexity index is 1310. The maximum Gasteiger partial charge on any atom is 0.410 e. The fourth-order valence-electron chi connectivity index (χ4n) is 5.77. The molecule has 0 aromatic carbocycles. The van der Waals surface area contributed by atoms with Crippen LogP contribution in [0.5, 0.6) is 0 Å². The Morgan fingerprint density at radius 1 is 1.18 bits per heavy atom. The summed E-state index contributed by atoms with van der Waals surface area (Å²) in [6, 6.07) is 0.520. The number of thiophene rings is 1. The molecule has 9 nitrogen and oxygen atoms in total. The van der Waals surface area contributed by atoms with Crippen LogP contribution in [-0.2, 0) is 24.9 Å². The Labute approximate surface area is 234 Å². The highest BCUT2D eigenvalue weighted by Gasteiger charge is 2.55. The first-order valence-electron chi connectivity index (χ1n) is 13.5. The molecular formula is C28H38N2O7S2. The highest BCUT2D eigenvalue weighted by atomic mass is 32.2. The molecule has 39 heavy (non-hydrogen) atoms. The molecule has 2 aliphatic heterocycles. The van der Waals surface area contributed by atoms with Gasteiger partial charge in [0, 0.05) is 23.4 Å². The summed E-state index contributed by atoms with van der Waals surface area (Å²) in [7, 11) is -3.28. The molecule has 3 fully saturated rings. The Morgan fingerprint density at radius 3 is 2.41 bits per heavy atom. The summed E-state index contributed by atoms with van der Waals surface area (Å²) in [5.41, 5.74) is 5.54. The van der Waals surface area contributed by atoms with E-state index >= 15 is 0 Å². The molecule has 2 saturated heterocycles. The number of rotatable bonds is 5. The number of carbonyl (C=O) groups excluding carboxylic acids is 2. The molecule has 0 bridgehead atoms. The number of sulfone groups is 1. The number of hydrogen-bond donors (Lipinski definition) is 2. The zero-order valence-corrected chi connectivity index (χ0v) is 24.6. The summed E-state index contributed by atoms with van der Waals surface area (Å²) < 4.78 is 29.4. The van der Waals surface area contributed by atoms with Crippen LogP contribution in [-0.4, -0.2) is 66.5 Å². The van der Waals surface area contributed by atoms with Gasteiger partial charge in [0.15, 0.2) is 15.6 Å². The zero-order chi connectivity index (χ0) is 28.8. The summed E-state index contributed by atoms with van der Waals surface area (Å²) in [5.74, 6) is 4.70. The van der Waals surface area contributed by atoms with Gasteiger partial charge in [-0.3, -0.25) is 9.69 Å². The van der Waals surface area contributed by atoms with E-state index < -0.39 is 39.6 Å². The molecule has 3 atom stereocenters. The van der Waals surface area contributed by atoms with Crippen molar-refractivity contribution in [1.29, 1.82) is 0 Å². The summed E-state index contributed by atoms with van der Waals surface area (Å²) >= 11 is 1.01. The molecule has 3 aliphatic rings. The first-order chi connectivity index (χ1) is 18.1. The Morgan fingerprint density at radius 2 is 1.85 bits per heavy atom. The normalized spacial score (nSPS) is 30.4. The number of amides is 1. The minimum absolute atomic E-state index is 0.00267. The quantitative estimate of drug-likeness (QED) is 0.502. The molecule has 0 radical (unpaired) electrons. The van der Waals surface area contributed by atoms with Crippen molar-refractivity contribution in [2.75, 3.05) is 18.1 Å². The third kappa shape index (κ3) is 6.50. The van der Waals surface area contributed by atoms with E-state index in [2.05, 4.69) is 18.8 Å². The molecule has 2 unspecified atom stereocenters. The topological polar surface area (TPSA) is 144 Å². The number of aromatic carboxylic acids is 1. The molecule has 11 heteroatoms. The van der Waals surface area contributed by atoms with Crippen molar-refractivity contribution in [3.8, 4) is 11.8 Å². The van der Waals surface area contributed by atoms with Gasteiger partial charge in [0.1, 0.15) is 17.0 Å². The van der Waals surface area contributed by atoms with Gasteiger partial charge in [-0.2, -0.15) is 0 Å². The second kappa shape index (κ2) is 10.9. The predicted octanol–water partition coefficient (Wildman–Crippen LogP) is 3.79. The molecule has 1 aliphatic carbocycles. The minimum atomic E-state index is -3.28. The number of nitrogens with two attached hydrogens (primary N) is 1. The molecule has 1 aromatic rings.